The standard InChI is InChI=1S/C20H18BrN3O2S/c1-13-9-19(15-5-3-4-6-17(15)23-13)27-12-20(25)24-22-11-14-7-8-16(21)18(10-14)26-2/h3-11H,12H2,1-2H3,(H,24,25)/b22-11+. The lowest BCUT2D eigenvalue weighted by molar-refractivity contribution is -0.118. The molecule has 0 fully saturated rings. The number of nitrogens with zero attached hydrogens (tertiary/aromatic N) is 2. The average Bonchev–Trinajstić information content (AvgIpc) is 2.67. The van der Waals surface area contributed by atoms with Crippen LogP contribution in [-0.2, 0) is 4.79 Å². The number of carbonyl (C=O) groups excluding carboxylic acids is 1. The molecule has 0 aliphatic rings. The van der Waals surface area contributed by atoms with Gasteiger partial charge in [0.1, 0.15) is 5.75 Å². The fourth-order valence-corrected chi connectivity index (χ4v) is 3.84. The first-order valence-electron chi connectivity index (χ1n) is 8.21. The fourth-order valence-electron chi connectivity index (χ4n) is 2.50. The summed E-state index contributed by atoms with van der Waals surface area (Å²) in [6.07, 6.45) is 1.59. The van der Waals surface area contributed by atoms with E-state index in [0.29, 0.717) is 5.75 Å². The smallest absolute Gasteiger partial charge is 0.250 e. The van der Waals surface area contributed by atoms with E-state index in [2.05, 4.69) is 31.4 Å². The van der Waals surface area contributed by atoms with Crippen molar-refractivity contribution in [2.45, 2.75) is 11.8 Å². The van der Waals surface area contributed by atoms with Crippen molar-refractivity contribution in [2.75, 3.05) is 12.9 Å². The number of hydrazone groups is 1. The van der Waals surface area contributed by atoms with E-state index in [9.17, 15) is 4.79 Å². The first kappa shape index (κ1) is 19.4. The summed E-state index contributed by atoms with van der Waals surface area (Å²) in [5, 5.41) is 5.07. The van der Waals surface area contributed by atoms with Crippen molar-refractivity contribution in [3.05, 3.63) is 64.3 Å². The van der Waals surface area contributed by atoms with Crippen molar-refractivity contribution in [3.63, 3.8) is 0 Å². The van der Waals surface area contributed by atoms with Gasteiger partial charge in [0.15, 0.2) is 0 Å². The van der Waals surface area contributed by atoms with Crippen molar-refractivity contribution in [2.24, 2.45) is 5.10 Å². The number of aromatic nitrogens is 1. The van der Waals surface area contributed by atoms with E-state index >= 15 is 0 Å². The van der Waals surface area contributed by atoms with Gasteiger partial charge in [-0.05, 0) is 52.7 Å². The molecule has 0 radical (unpaired) electrons. The minimum atomic E-state index is -0.168. The van der Waals surface area contributed by atoms with Crippen molar-refractivity contribution < 1.29 is 9.53 Å². The molecule has 1 amide bonds. The van der Waals surface area contributed by atoms with Crippen LogP contribution in [-0.4, -0.2) is 30.0 Å². The van der Waals surface area contributed by atoms with Gasteiger partial charge in [0.25, 0.3) is 0 Å². The zero-order valence-electron chi connectivity index (χ0n) is 14.9. The molecule has 0 saturated heterocycles. The van der Waals surface area contributed by atoms with Gasteiger partial charge < -0.3 is 4.74 Å². The molecule has 0 bridgehead atoms. The highest BCUT2D eigenvalue weighted by atomic mass is 79.9. The zero-order chi connectivity index (χ0) is 19.2. The maximum atomic E-state index is 12.1. The number of nitrogens with one attached hydrogen (secondary N) is 1. The molecule has 5 nitrogen and oxygen atoms in total. The molecule has 138 valence electrons. The Morgan fingerprint density at radius 3 is 2.93 bits per heavy atom. The highest BCUT2D eigenvalue weighted by molar-refractivity contribution is 9.10. The Morgan fingerprint density at radius 1 is 1.30 bits per heavy atom. The molecule has 7 heteroatoms. The van der Waals surface area contributed by atoms with Crippen molar-refractivity contribution in [1.29, 1.82) is 0 Å². The summed E-state index contributed by atoms with van der Waals surface area (Å²) in [6, 6.07) is 15.5. The third kappa shape index (κ3) is 5.08. The number of methoxy groups -OCH3 is 1. The van der Waals surface area contributed by atoms with Crippen LogP contribution in [0, 0.1) is 6.92 Å². The predicted molar refractivity (Wildman–Crippen MR) is 114 cm³/mol. The number of fused-ring (bicyclic) bond motifs is 1. The second kappa shape index (κ2) is 9.01. The first-order valence-corrected chi connectivity index (χ1v) is 9.99. The second-order valence-corrected chi connectivity index (χ2v) is 7.63. The normalized spacial score (nSPS) is 11.1. The lowest BCUT2D eigenvalue weighted by atomic mass is 10.2. The molecular formula is C20H18BrN3O2S. The topological polar surface area (TPSA) is 63.6 Å². The molecule has 0 unspecified atom stereocenters. The molecule has 1 aromatic heterocycles. The van der Waals surface area contributed by atoms with Crippen LogP contribution >= 0.6 is 27.7 Å². The first-order chi connectivity index (χ1) is 13.1. The molecule has 1 N–H and O–H groups in total. The van der Waals surface area contributed by atoms with Gasteiger partial charge in [-0.15, -0.1) is 11.8 Å². The lowest BCUT2D eigenvalue weighted by Crippen LogP contribution is -2.19. The van der Waals surface area contributed by atoms with Gasteiger partial charge in [-0.1, -0.05) is 24.3 Å². The maximum absolute atomic E-state index is 12.1. The molecule has 3 rings (SSSR count). The highest BCUT2D eigenvalue weighted by Crippen LogP contribution is 2.27. The van der Waals surface area contributed by atoms with Gasteiger partial charge in [-0.3, -0.25) is 9.78 Å². The number of rotatable bonds is 6. The summed E-state index contributed by atoms with van der Waals surface area (Å²) in [6.45, 7) is 1.95. The maximum Gasteiger partial charge on any atom is 0.250 e. The van der Waals surface area contributed by atoms with E-state index < -0.39 is 0 Å². The van der Waals surface area contributed by atoms with Gasteiger partial charge in [-0.2, -0.15) is 5.10 Å². The molecule has 1 heterocycles. The lowest BCUT2D eigenvalue weighted by Gasteiger charge is -2.07. The quantitative estimate of drug-likeness (QED) is 0.344. The number of hydrogen-bond donors (Lipinski definition) is 1. The largest absolute Gasteiger partial charge is 0.496 e. The number of benzene rings is 2. The number of halogens is 1. The number of hydrogen-bond acceptors (Lipinski definition) is 5. The summed E-state index contributed by atoms with van der Waals surface area (Å²) < 4.78 is 6.10. The monoisotopic (exact) mass is 443 g/mol. The van der Waals surface area contributed by atoms with Crippen molar-refractivity contribution in [1.82, 2.24) is 10.4 Å². The van der Waals surface area contributed by atoms with Crippen molar-refractivity contribution >= 4 is 50.7 Å². The Morgan fingerprint density at radius 2 is 2.11 bits per heavy atom. The minimum absolute atomic E-state index is 0.168. The van der Waals surface area contributed by atoms with Gasteiger partial charge in [0, 0.05) is 16.0 Å². The minimum Gasteiger partial charge on any atom is -0.496 e. The zero-order valence-corrected chi connectivity index (χ0v) is 17.3. The predicted octanol–water partition coefficient (Wildman–Crippen LogP) is 4.56. The third-order valence-electron chi connectivity index (χ3n) is 3.74. The van der Waals surface area contributed by atoms with Gasteiger partial charge >= 0.3 is 0 Å². The second-order valence-electron chi connectivity index (χ2n) is 5.75. The summed E-state index contributed by atoms with van der Waals surface area (Å²) >= 11 is 4.87. The van der Waals surface area contributed by atoms with E-state index in [4.69, 9.17) is 4.74 Å². The van der Waals surface area contributed by atoms with Crippen LogP contribution in [0.3, 0.4) is 0 Å². The third-order valence-corrected chi connectivity index (χ3v) is 5.45. The summed E-state index contributed by atoms with van der Waals surface area (Å²) in [7, 11) is 1.60. The molecule has 0 saturated carbocycles. The highest BCUT2D eigenvalue weighted by Gasteiger charge is 2.07. The Balaban J connectivity index is 1.61. The van der Waals surface area contributed by atoms with E-state index in [1.165, 1.54) is 11.8 Å². The number of amides is 1. The molecule has 0 aliphatic carbocycles. The van der Waals surface area contributed by atoms with Crippen molar-refractivity contribution in [3.8, 4) is 5.75 Å². The average molecular weight is 444 g/mol. The number of aryl methyl sites for hydroxylation is 1. The van der Waals surface area contributed by atoms with Crippen LogP contribution in [0.25, 0.3) is 10.9 Å². The number of para-hydroxylation sites is 1. The molecule has 3 aromatic rings. The molecule has 27 heavy (non-hydrogen) atoms. The molecule has 0 atom stereocenters. The Bertz CT molecular complexity index is 1010. The van der Waals surface area contributed by atoms with Gasteiger partial charge in [0.2, 0.25) is 5.91 Å². The van der Waals surface area contributed by atoms with Gasteiger partial charge in [-0.25, -0.2) is 5.43 Å². The molecule has 0 spiro atoms. The molecule has 2 aromatic carbocycles. The number of thioether (sulfide) groups is 1. The number of carbonyl (C=O) groups is 1. The molecule has 0 aliphatic heterocycles. The van der Waals surface area contributed by atoms with E-state index in [0.717, 1.165) is 31.5 Å². The van der Waals surface area contributed by atoms with Crippen LogP contribution in [0.4, 0.5) is 0 Å². The van der Waals surface area contributed by atoms with Crippen LogP contribution < -0.4 is 10.2 Å². The summed E-state index contributed by atoms with van der Waals surface area (Å²) in [4.78, 5) is 17.7. The van der Waals surface area contributed by atoms with Crippen LogP contribution in [0.1, 0.15) is 11.3 Å². The van der Waals surface area contributed by atoms with Crippen LogP contribution in [0.2, 0.25) is 0 Å². The van der Waals surface area contributed by atoms with E-state index in [-0.39, 0.29) is 11.7 Å². The summed E-state index contributed by atoms with van der Waals surface area (Å²) in [5.74, 6) is 0.814. The van der Waals surface area contributed by atoms with Gasteiger partial charge in [0.05, 0.1) is 29.1 Å². The van der Waals surface area contributed by atoms with Crippen LogP contribution in [0.15, 0.2) is 63.0 Å². The van der Waals surface area contributed by atoms with E-state index in [1.54, 1.807) is 13.3 Å². The number of pyridine rings is 1. The Labute approximate surface area is 170 Å². The SMILES string of the molecule is COc1cc(/C=N/NC(=O)CSc2cc(C)nc3ccccc23)ccc1Br. The fraction of sp³-hybridized carbons (Fsp3) is 0.150. The summed E-state index contributed by atoms with van der Waals surface area (Å²) in [5.41, 5.74) is 5.25. The molecular weight excluding hydrogens is 426 g/mol. The Kier molecular flexibility index (Phi) is 6.47. The van der Waals surface area contributed by atoms with Crippen LogP contribution in [0.5, 0.6) is 5.75 Å². The van der Waals surface area contributed by atoms with E-state index in [1.807, 2.05) is 55.5 Å². The Hall–Kier alpha value is -2.38. The number of ether oxygens (including phenoxy) is 1.